The summed E-state index contributed by atoms with van der Waals surface area (Å²) in [6.07, 6.45) is -4.81. The van der Waals surface area contributed by atoms with Gasteiger partial charge in [-0.2, -0.15) is 13.2 Å². The summed E-state index contributed by atoms with van der Waals surface area (Å²) in [6.45, 7) is 0.193. The predicted octanol–water partition coefficient (Wildman–Crippen LogP) is 5.23. The molecule has 2 amide bonds. The van der Waals surface area contributed by atoms with Gasteiger partial charge in [0.2, 0.25) is 0 Å². The summed E-state index contributed by atoms with van der Waals surface area (Å²) in [5.41, 5.74) is -2.14. The number of alkyl halides is 3. The molecule has 2 aromatic carbocycles. The van der Waals surface area contributed by atoms with Gasteiger partial charge in [-0.1, -0.05) is 23.7 Å². The molecule has 13 heteroatoms. The van der Waals surface area contributed by atoms with Crippen molar-refractivity contribution in [2.45, 2.75) is 13.1 Å². The number of carbonyl (C=O) groups is 3. The number of hydrogen-bond acceptors (Lipinski definition) is 5. The summed E-state index contributed by atoms with van der Waals surface area (Å²) in [4.78, 5) is 34.3. The zero-order chi connectivity index (χ0) is 25.6. The zero-order valence-electron chi connectivity index (χ0n) is 17.6. The Bertz CT molecular complexity index is 1140. The van der Waals surface area contributed by atoms with E-state index in [1.165, 1.54) is 24.3 Å². The van der Waals surface area contributed by atoms with Crippen molar-refractivity contribution in [3.63, 3.8) is 0 Å². The molecule has 0 saturated heterocycles. The fourth-order valence-corrected chi connectivity index (χ4v) is 2.67. The second-order valence-electron chi connectivity index (χ2n) is 6.62. The van der Waals surface area contributed by atoms with Gasteiger partial charge in [0.05, 0.1) is 10.7 Å². The van der Waals surface area contributed by atoms with Crippen LogP contribution in [0.15, 0.2) is 48.2 Å². The maximum atomic E-state index is 14.4. The van der Waals surface area contributed by atoms with Gasteiger partial charge in [0.1, 0.15) is 17.3 Å². The molecule has 2 N–H and O–H groups in total. The van der Waals surface area contributed by atoms with Crippen molar-refractivity contribution in [2.24, 2.45) is 0 Å². The predicted molar refractivity (Wildman–Crippen MR) is 113 cm³/mol. The minimum atomic E-state index is -5.04. The Morgan fingerprint density at radius 1 is 1.15 bits per heavy atom. The Kier molecular flexibility index (Phi) is 8.46. The highest BCUT2D eigenvalue weighted by molar-refractivity contribution is 6.32. The topological polar surface area (TPSA) is 105 Å². The summed E-state index contributed by atoms with van der Waals surface area (Å²) in [7, 11) is 0.749. The molecule has 0 aliphatic rings. The summed E-state index contributed by atoms with van der Waals surface area (Å²) in [6, 6.07) is 6.12. The normalized spacial score (nSPS) is 11.6. The van der Waals surface area contributed by atoms with Gasteiger partial charge in [-0.3, -0.25) is 9.69 Å². The van der Waals surface area contributed by atoms with Crippen molar-refractivity contribution in [1.82, 2.24) is 4.90 Å². The van der Waals surface area contributed by atoms with Gasteiger partial charge in [-0.25, -0.2) is 14.0 Å². The van der Waals surface area contributed by atoms with Crippen LogP contribution in [0.5, 0.6) is 17.2 Å². The average Bonchev–Trinajstić information content (AvgIpc) is 2.73. The molecule has 0 fully saturated rings. The van der Waals surface area contributed by atoms with Crippen LogP contribution in [0.4, 0.5) is 28.0 Å². The number of ketones is 1. The molecule has 0 spiro atoms. The lowest BCUT2D eigenvalue weighted by molar-refractivity contribution is -0.139. The Morgan fingerprint density at radius 3 is 2.32 bits per heavy atom. The number of halogens is 5. The highest BCUT2D eigenvalue weighted by atomic mass is 35.5. The molecular formula is C21H17ClF4N2O6. The van der Waals surface area contributed by atoms with Gasteiger partial charge in [-0.05, 0) is 25.1 Å². The summed E-state index contributed by atoms with van der Waals surface area (Å²) >= 11 is 5.98. The van der Waals surface area contributed by atoms with Crippen LogP contribution >= 0.6 is 11.6 Å². The Balaban J connectivity index is 2.33. The highest BCUT2D eigenvalue weighted by Crippen LogP contribution is 2.38. The number of hydrogen-bond donors (Lipinski definition) is 2. The standard InChI is InChI=1S/C21H17ClF4N2O6/c1-11(29)7-18(21(24,25)26)28(2)20(32)27-14-9-17(12(22)8-13(14)23)34-16-6-4-3-5-15(16)33-10-19(30)31/h3-9H,10H2,1-2H3,(H,27,32)(H,30,31)/b18-7-. The summed E-state index contributed by atoms with van der Waals surface area (Å²) < 4.78 is 64.7. The van der Waals surface area contributed by atoms with Gasteiger partial charge < -0.3 is 19.9 Å². The monoisotopic (exact) mass is 504 g/mol. The van der Waals surface area contributed by atoms with Gasteiger partial charge in [-0.15, -0.1) is 0 Å². The molecule has 0 unspecified atom stereocenters. The number of allylic oxidation sites excluding steroid dienone is 2. The number of aliphatic carboxylic acids is 1. The molecule has 2 aromatic rings. The molecule has 34 heavy (non-hydrogen) atoms. The third-order valence-electron chi connectivity index (χ3n) is 3.98. The number of nitrogens with one attached hydrogen (secondary N) is 1. The number of nitrogens with zero attached hydrogens (tertiary/aromatic N) is 1. The number of carbonyl (C=O) groups excluding carboxylic acids is 2. The van der Waals surface area contributed by atoms with Crippen LogP contribution < -0.4 is 14.8 Å². The van der Waals surface area contributed by atoms with Crippen LogP contribution in [0.2, 0.25) is 5.02 Å². The third-order valence-corrected chi connectivity index (χ3v) is 4.28. The smallest absolute Gasteiger partial charge is 0.431 e. The van der Waals surface area contributed by atoms with E-state index < -0.39 is 47.8 Å². The van der Waals surface area contributed by atoms with E-state index in [9.17, 15) is 31.9 Å². The van der Waals surface area contributed by atoms with Gasteiger partial charge in [0.15, 0.2) is 23.9 Å². The first-order valence-corrected chi connectivity index (χ1v) is 9.62. The number of carboxylic acid groups (broad SMARTS) is 1. The molecule has 0 aliphatic carbocycles. The maximum absolute atomic E-state index is 14.4. The summed E-state index contributed by atoms with van der Waals surface area (Å²) in [5.74, 6) is -3.50. The largest absolute Gasteiger partial charge is 0.479 e. The first-order valence-electron chi connectivity index (χ1n) is 9.24. The van der Waals surface area contributed by atoms with E-state index >= 15 is 0 Å². The Hall–Kier alpha value is -3.80. The molecule has 0 heterocycles. The van der Waals surface area contributed by atoms with Crippen molar-refractivity contribution in [2.75, 3.05) is 19.0 Å². The quantitative estimate of drug-likeness (QED) is 0.376. The van der Waals surface area contributed by atoms with Gasteiger partial charge in [0, 0.05) is 19.2 Å². The second kappa shape index (κ2) is 10.9. The molecule has 182 valence electrons. The molecule has 0 bridgehead atoms. The molecule has 2 rings (SSSR count). The molecule has 0 saturated carbocycles. The number of anilines is 1. The van der Waals surface area contributed by atoms with Crippen LogP contribution in [0.3, 0.4) is 0 Å². The molecule has 0 radical (unpaired) electrons. The van der Waals surface area contributed by atoms with Crippen LogP contribution in [-0.4, -0.2) is 47.6 Å². The van der Waals surface area contributed by atoms with E-state index in [4.69, 9.17) is 26.2 Å². The molecule has 8 nitrogen and oxygen atoms in total. The number of ether oxygens (including phenoxy) is 2. The fourth-order valence-electron chi connectivity index (χ4n) is 2.48. The minimum Gasteiger partial charge on any atom is -0.479 e. The van der Waals surface area contributed by atoms with E-state index in [0.717, 1.165) is 26.1 Å². The SMILES string of the molecule is CC(=O)/C=C(\N(C)C(=O)Nc1cc(Oc2ccccc2OCC(=O)O)c(Cl)cc1F)C(F)(F)F. The lowest BCUT2D eigenvalue weighted by atomic mass is 10.2. The van der Waals surface area contributed by atoms with Crippen LogP contribution in [0, 0.1) is 5.82 Å². The molecular weight excluding hydrogens is 488 g/mol. The van der Waals surface area contributed by atoms with Crippen LogP contribution in [0.25, 0.3) is 0 Å². The van der Waals surface area contributed by atoms with E-state index in [2.05, 4.69) is 0 Å². The van der Waals surface area contributed by atoms with E-state index in [1.807, 2.05) is 5.32 Å². The Labute approximate surface area is 195 Å². The highest BCUT2D eigenvalue weighted by Gasteiger charge is 2.39. The lowest BCUT2D eigenvalue weighted by Crippen LogP contribution is -2.37. The average molecular weight is 505 g/mol. The number of rotatable bonds is 8. The third kappa shape index (κ3) is 7.10. The molecule has 0 aliphatic heterocycles. The van der Waals surface area contributed by atoms with E-state index in [-0.39, 0.29) is 33.2 Å². The summed E-state index contributed by atoms with van der Waals surface area (Å²) in [5, 5.41) is 10.5. The number of urea groups is 1. The number of carboxylic acids is 1. The van der Waals surface area contributed by atoms with Crippen molar-refractivity contribution in [1.29, 1.82) is 0 Å². The van der Waals surface area contributed by atoms with Crippen molar-refractivity contribution >= 4 is 35.1 Å². The fraction of sp³-hybridized carbons (Fsp3) is 0.190. The minimum absolute atomic E-state index is 0.00426. The zero-order valence-corrected chi connectivity index (χ0v) is 18.3. The first-order chi connectivity index (χ1) is 15.8. The number of para-hydroxylation sites is 2. The van der Waals surface area contributed by atoms with Gasteiger partial charge >= 0.3 is 18.2 Å². The Morgan fingerprint density at radius 2 is 1.76 bits per heavy atom. The lowest BCUT2D eigenvalue weighted by Gasteiger charge is -2.23. The number of amides is 2. The first kappa shape index (κ1) is 26.5. The van der Waals surface area contributed by atoms with E-state index in [1.54, 1.807) is 0 Å². The van der Waals surface area contributed by atoms with Crippen molar-refractivity contribution in [3.05, 3.63) is 59.0 Å². The van der Waals surface area contributed by atoms with E-state index in [0.29, 0.717) is 0 Å². The van der Waals surface area contributed by atoms with Crippen molar-refractivity contribution in [3.8, 4) is 17.2 Å². The van der Waals surface area contributed by atoms with Gasteiger partial charge in [0.25, 0.3) is 0 Å². The van der Waals surface area contributed by atoms with Crippen LogP contribution in [-0.2, 0) is 9.59 Å². The number of benzene rings is 2. The molecule has 0 atom stereocenters. The second-order valence-corrected chi connectivity index (χ2v) is 7.03. The van der Waals surface area contributed by atoms with Crippen LogP contribution in [0.1, 0.15) is 6.92 Å². The molecule has 0 aromatic heterocycles. The maximum Gasteiger partial charge on any atom is 0.431 e. The van der Waals surface area contributed by atoms with Crippen molar-refractivity contribution < 1.29 is 46.5 Å².